The van der Waals surface area contributed by atoms with E-state index in [2.05, 4.69) is 29.7 Å². The summed E-state index contributed by atoms with van der Waals surface area (Å²) in [7, 11) is 0. The highest BCUT2D eigenvalue weighted by molar-refractivity contribution is 5.45. The van der Waals surface area contributed by atoms with E-state index in [9.17, 15) is 5.11 Å². The third kappa shape index (κ3) is 1.88. The van der Waals surface area contributed by atoms with Crippen molar-refractivity contribution < 1.29 is 5.11 Å². The number of phenols is 1. The second-order valence-corrected chi connectivity index (χ2v) is 7.15. The number of hydrogen-bond acceptors (Lipinski definition) is 2. The molecule has 4 rings (SSSR count). The van der Waals surface area contributed by atoms with Gasteiger partial charge in [0, 0.05) is 18.0 Å². The summed E-state index contributed by atoms with van der Waals surface area (Å²) in [6, 6.07) is 6.79. The third-order valence-electron chi connectivity index (χ3n) is 6.30. The van der Waals surface area contributed by atoms with E-state index in [0.29, 0.717) is 17.2 Å². The number of nitrogens with zero attached hydrogens (tertiary/aromatic N) is 1. The highest BCUT2D eigenvalue weighted by atomic mass is 16.3. The molecule has 2 heteroatoms. The minimum absolute atomic E-state index is 0.340. The Bertz CT molecular complexity index is 567. The monoisotopic (exact) mass is 283 g/mol. The smallest absolute Gasteiger partial charge is 0.115 e. The predicted molar refractivity (Wildman–Crippen MR) is 85.6 cm³/mol. The topological polar surface area (TPSA) is 23.5 Å². The van der Waals surface area contributed by atoms with Crippen LogP contribution in [0.5, 0.6) is 5.75 Å². The van der Waals surface area contributed by atoms with Gasteiger partial charge in [0.15, 0.2) is 0 Å². The molecule has 0 spiro atoms. The molecule has 2 nitrogen and oxygen atoms in total. The van der Waals surface area contributed by atoms with Crippen molar-refractivity contribution in [1.29, 1.82) is 0 Å². The molecule has 112 valence electrons. The number of rotatable bonds is 2. The van der Waals surface area contributed by atoms with Crippen molar-refractivity contribution in [2.24, 2.45) is 5.92 Å². The summed E-state index contributed by atoms with van der Waals surface area (Å²) in [6.45, 7) is 6.15. The average molecular weight is 283 g/mol. The van der Waals surface area contributed by atoms with E-state index in [1.54, 1.807) is 0 Å². The lowest BCUT2D eigenvalue weighted by molar-refractivity contribution is -0.00517. The molecular weight excluding hydrogens is 258 g/mol. The van der Waals surface area contributed by atoms with Crippen molar-refractivity contribution in [2.45, 2.75) is 50.0 Å². The summed E-state index contributed by atoms with van der Waals surface area (Å²) in [5.74, 6) is 1.22. The number of aromatic hydroxyl groups is 1. The molecule has 3 aliphatic rings. The predicted octanol–water partition coefficient (Wildman–Crippen LogP) is 3.64. The Hall–Kier alpha value is -1.28. The summed E-state index contributed by atoms with van der Waals surface area (Å²) in [4.78, 5) is 2.65. The Kier molecular flexibility index (Phi) is 3.11. The zero-order valence-electron chi connectivity index (χ0n) is 12.7. The van der Waals surface area contributed by atoms with Crippen molar-refractivity contribution in [3.63, 3.8) is 0 Å². The molecule has 2 aliphatic carbocycles. The minimum Gasteiger partial charge on any atom is -0.508 e. The van der Waals surface area contributed by atoms with Gasteiger partial charge in [-0.3, -0.25) is 4.90 Å². The molecule has 21 heavy (non-hydrogen) atoms. The number of likely N-dealkylation sites (tertiary alicyclic amines) is 1. The van der Waals surface area contributed by atoms with Crippen molar-refractivity contribution in [3.05, 3.63) is 42.0 Å². The Balaban J connectivity index is 1.83. The van der Waals surface area contributed by atoms with E-state index in [1.165, 1.54) is 49.8 Å². The lowest BCUT2D eigenvalue weighted by Gasteiger charge is -2.59. The summed E-state index contributed by atoms with van der Waals surface area (Å²) in [5, 5.41) is 9.98. The highest BCUT2D eigenvalue weighted by Gasteiger charge is 2.53. The fourth-order valence-corrected chi connectivity index (χ4v) is 5.47. The Labute approximate surface area is 127 Å². The number of piperidine rings is 1. The zero-order valence-corrected chi connectivity index (χ0v) is 12.7. The maximum Gasteiger partial charge on any atom is 0.115 e. The molecule has 0 unspecified atom stereocenters. The first-order valence-electron chi connectivity index (χ1n) is 8.42. The molecule has 0 radical (unpaired) electrons. The van der Waals surface area contributed by atoms with Crippen molar-refractivity contribution in [2.75, 3.05) is 13.1 Å². The molecule has 1 saturated carbocycles. The molecule has 2 fully saturated rings. The van der Waals surface area contributed by atoms with Gasteiger partial charge in [0.2, 0.25) is 0 Å². The van der Waals surface area contributed by atoms with Gasteiger partial charge < -0.3 is 5.11 Å². The van der Waals surface area contributed by atoms with E-state index in [0.717, 1.165) is 18.9 Å². The molecule has 1 aromatic rings. The first-order valence-corrected chi connectivity index (χ1v) is 8.42. The van der Waals surface area contributed by atoms with E-state index >= 15 is 0 Å². The van der Waals surface area contributed by atoms with Crippen LogP contribution in [0, 0.1) is 5.92 Å². The van der Waals surface area contributed by atoms with Crippen molar-refractivity contribution in [3.8, 4) is 5.75 Å². The van der Waals surface area contributed by atoms with Crippen LogP contribution in [0.3, 0.4) is 0 Å². The molecule has 3 atom stereocenters. The third-order valence-corrected chi connectivity index (χ3v) is 6.30. The first-order chi connectivity index (χ1) is 10.2. The van der Waals surface area contributed by atoms with Crippen LogP contribution in [-0.2, 0) is 11.8 Å². The van der Waals surface area contributed by atoms with Crippen molar-refractivity contribution >= 4 is 0 Å². The number of phenolic OH excluding ortho intramolecular Hbond substituents is 1. The number of fused-ring (bicyclic) bond motifs is 1. The zero-order chi connectivity index (χ0) is 14.4. The molecule has 1 aliphatic heterocycles. The molecule has 2 bridgehead atoms. The van der Waals surface area contributed by atoms with Crippen LogP contribution in [0.2, 0.25) is 0 Å². The van der Waals surface area contributed by atoms with E-state index in [1.807, 2.05) is 6.07 Å². The normalized spacial score (nSPS) is 34.9. The standard InChI is InChI=1S/C19H25NO/c1-2-10-20-11-9-19-8-4-3-5-16(19)18(20)12-14-6-7-15(21)13-17(14)19/h2,6-7,13,16,18,21H,1,3-5,8-12H2/t16-,18-,19-/m0/s1. The van der Waals surface area contributed by atoms with Crippen LogP contribution in [0.15, 0.2) is 30.9 Å². The van der Waals surface area contributed by atoms with Gasteiger partial charge in [0.25, 0.3) is 0 Å². The van der Waals surface area contributed by atoms with Crippen LogP contribution in [0.1, 0.15) is 43.2 Å². The molecule has 1 heterocycles. The fourth-order valence-electron chi connectivity index (χ4n) is 5.47. The molecule has 1 saturated heterocycles. The van der Waals surface area contributed by atoms with Gasteiger partial charge in [-0.25, -0.2) is 0 Å². The summed E-state index contributed by atoms with van der Waals surface area (Å²) in [6.07, 6.45) is 9.84. The summed E-state index contributed by atoms with van der Waals surface area (Å²) >= 11 is 0. The fraction of sp³-hybridized carbons (Fsp3) is 0.579. The quantitative estimate of drug-likeness (QED) is 0.838. The molecule has 1 aromatic carbocycles. The minimum atomic E-state index is 0.340. The lowest BCUT2D eigenvalue weighted by Crippen LogP contribution is -2.60. The lowest BCUT2D eigenvalue weighted by atomic mass is 9.52. The summed E-state index contributed by atoms with van der Waals surface area (Å²) in [5.41, 5.74) is 3.29. The van der Waals surface area contributed by atoms with Crippen LogP contribution in [-0.4, -0.2) is 29.1 Å². The first kappa shape index (κ1) is 13.4. The van der Waals surface area contributed by atoms with E-state index in [-0.39, 0.29) is 0 Å². The van der Waals surface area contributed by atoms with E-state index in [4.69, 9.17) is 0 Å². The van der Waals surface area contributed by atoms with Crippen LogP contribution < -0.4 is 0 Å². The maximum absolute atomic E-state index is 9.98. The molecule has 0 aromatic heterocycles. The molecular formula is C19H25NO. The van der Waals surface area contributed by atoms with Gasteiger partial charge >= 0.3 is 0 Å². The van der Waals surface area contributed by atoms with Gasteiger partial charge in [-0.2, -0.15) is 0 Å². The number of benzene rings is 1. The second-order valence-electron chi connectivity index (χ2n) is 7.15. The van der Waals surface area contributed by atoms with Crippen LogP contribution in [0.25, 0.3) is 0 Å². The molecule has 1 N–H and O–H groups in total. The van der Waals surface area contributed by atoms with Gasteiger partial charge in [-0.15, -0.1) is 6.58 Å². The Morgan fingerprint density at radius 3 is 3.10 bits per heavy atom. The second kappa shape index (κ2) is 4.88. The van der Waals surface area contributed by atoms with E-state index < -0.39 is 0 Å². The number of hydrogen-bond donors (Lipinski definition) is 1. The molecule has 0 amide bonds. The van der Waals surface area contributed by atoms with Gasteiger partial charge in [0.1, 0.15) is 5.75 Å². The summed E-state index contributed by atoms with van der Waals surface area (Å²) < 4.78 is 0. The Morgan fingerprint density at radius 1 is 1.33 bits per heavy atom. The Morgan fingerprint density at radius 2 is 2.24 bits per heavy atom. The van der Waals surface area contributed by atoms with Crippen LogP contribution >= 0.6 is 0 Å². The van der Waals surface area contributed by atoms with Gasteiger partial charge in [-0.05, 0) is 61.4 Å². The SMILES string of the molecule is C=CCN1CC[C@@]23CCCC[C@H]2[C@@H]1Cc1ccc(O)cc13. The maximum atomic E-state index is 9.98. The van der Waals surface area contributed by atoms with Crippen molar-refractivity contribution in [1.82, 2.24) is 4.90 Å². The highest BCUT2D eigenvalue weighted by Crippen LogP contribution is 2.56. The van der Waals surface area contributed by atoms with Crippen LogP contribution in [0.4, 0.5) is 0 Å². The average Bonchev–Trinajstić information content (AvgIpc) is 2.51. The van der Waals surface area contributed by atoms with Gasteiger partial charge in [0.05, 0.1) is 0 Å². The van der Waals surface area contributed by atoms with Gasteiger partial charge in [-0.1, -0.05) is 25.0 Å². The largest absolute Gasteiger partial charge is 0.508 e.